The molecule has 2 rings (SSSR count). The van der Waals surface area contributed by atoms with E-state index in [4.69, 9.17) is 10.4 Å². The zero-order valence-corrected chi connectivity index (χ0v) is 8.54. The highest BCUT2D eigenvalue weighted by Gasteiger charge is 2.23. The van der Waals surface area contributed by atoms with Crippen LogP contribution < -0.4 is 5.56 Å². The van der Waals surface area contributed by atoms with Gasteiger partial charge in [0.2, 0.25) is 0 Å². The van der Waals surface area contributed by atoms with E-state index in [-0.39, 0.29) is 11.1 Å². The first-order chi connectivity index (χ1) is 7.65. The van der Waals surface area contributed by atoms with Crippen LogP contribution in [0.2, 0.25) is 0 Å². The first-order valence-corrected chi connectivity index (χ1v) is 5.06. The summed E-state index contributed by atoms with van der Waals surface area (Å²) in [5.74, 6) is -1.19. The number of fused-ring (bicyclic) bond motifs is 1. The molecule has 5 heteroatoms. The van der Waals surface area contributed by atoms with Gasteiger partial charge in [0.1, 0.15) is 11.6 Å². The molecular weight excluding hydrogens is 208 g/mol. The molecule has 2 N–H and O–H groups in total. The fourth-order valence-electron chi connectivity index (χ4n) is 2.13. The van der Waals surface area contributed by atoms with Gasteiger partial charge in [-0.2, -0.15) is 5.26 Å². The van der Waals surface area contributed by atoms with Crippen molar-refractivity contribution in [3.05, 3.63) is 32.7 Å². The summed E-state index contributed by atoms with van der Waals surface area (Å²) in [4.78, 5) is 25.2. The van der Waals surface area contributed by atoms with Gasteiger partial charge >= 0.3 is 5.97 Å². The summed E-state index contributed by atoms with van der Waals surface area (Å²) in [6.45, 7) is 0. The highest BCUT2D eigenvalue weighted by molar-refractivity contribution is 5.92. The van der Waals surface area contributed by atoms with Crippen molar-refractivity contribution >= 4 is 5.97 Å². The van der Waals surface area contributed by atoms with Gasteiger partial charge in [-0.25, -0.2) is 4.79 Å². The molecule has 82 valence electrons. The van der Waals surface area contributed by atoms with E-state index in [9.17, 15) is 9.59 Å². The molecule has 0 radical (unpaired) electrons. The van der Waals surface area contributed by atoms with Gasteiger partial charge in [-0.05, 0) is 31.2 Å². The van der Waals surface area contributed by atoms with E-state index in [1.54, 1.807) is 6.07 Å². The number of nitrogens with one attached hydrogen (secondary N) is 1. The van der Waals surface area contributed by atoms with Gasteiger partial charge in [-0.1, -0.05) is 0 Å². The zero-order chi connectivity index (χ0) is 11.7. The number of aromatic carboxylic acids is 1. The molecule has 16 heavy (non-hydrogen) atoms. The van der Waals surface area contributed by atoms with Gasteiger partial charge in [-0.15, -0.1) is 0 Å². The SMILES string of the molecule is N#Cc1c(C(=O)O)c2c([nH]c1=O)CCCC2. The van der Waals surface area contributed by atoms with Gasteiger partial charge < -0.3 is 10.1 Å². The summed E-state index contributed by atoms with van der Waals surface area (Å²) >= 11 is 0. The molecule has 0 unspecified atom stereocenters. The van der Waals surface area contributed by atoms with Crippen LogP contribution in [0.1, 0.15) is 40.0 Å². The predicted octanol–water partition coefficient (Wildman–Crippen LogP) is 0.824. The summed E-state index contributed by atoms with van der Waals surface area (Å²) in [7, 11) is 0. The summed E-state index contributed by atoms with van der Waals surface area (Å²) in [5, 5.41) is 17.9. The number of aromatic amines is 1. The number of H-pyrrole nitrogens is 1. The third kappa shape index (κ3) is 1.48. The predicted molar refractivity (Wildman–Crippen MR) is 55.4 cm³/mol. The number of rotatable bonds is 1. The van der Waals surface area contributed by atoms with E-state index >= 15 is 0 Å². The molecule has 0 saturated heterocycles. The van der Waals surface area contributed by atoms with Gasteiger partial charge in [0.25, 0.3) is 5.56 Å². The third-order valence-electron chi connectivity index (χ3n) is 2.84. The fraction of sp³-hybridized carbons (Fsp3) is 0.364. The van der Waals surface area contributed by atoms with Crippen molar-refractivity contribution in [1.29, 1.82) is 5.26 Å². The molecule has 1 aromatic rings. The second-order valence-corrected chi connectivity index (χ2v) is 3.79. The lowest BCUT2D eigenvalue weighted by Gasteiger charge is -2.17. The lowest BCUT2D eigenvalue weighted by atomic mass is 9.90. The van der Waals surface area contributed by atoms with Crippen LogP contribution in [-0.4, -0.2) is 16.1 Å². The van der Waals surface area contributed by atoms with Gasteiger partial charge in [0.15, 0.2) is 0 Å². The molecule has 0 saturated carbocycles. The average Bonchev–Trinajstić information content (AvgIpc) is 2.26. The molecule has 5 nitrogen and oxygen atoms in total. The number of pyridine rings is 1. The van der Waals surface area contributed by atoms with Crippen LogP contribution in [-0.2, 0) is 12.8 Å². The minimum absolute atomic E-state index is 0.110. The van der Waals surface area contributed by atoms with Crippen LogP contribution in [0.3, 0.4) is 0 Å². The number of aryl methyl sites for hydroxylation is 1. The number of aromatic nitrogens is 1. The normalized spacial score (nSPS) is 13.9. The maximum atomic E-state index is 11.5. The van der Waals surface area contributed by atoms with Crippen molar-refractivity contribution in [2.75, 3.05) is 0 Å². The van der Waals surface area contributed by atoms with Crippen LogP contribution in [0, 0.1) is 11.3 Å². The van der Waals surface area contributed by atoms with Crippen LogP contribution >= 0.6 is 0 Å². The van der Waals surface area contributed by atoms with Crippen LogP contribution in [0.25, 0.3) is 0 Å². The number of carboxylic acids is 1. The Hall–Kier alpha value is -2.09. The molecule has 0 spiro atoms. The molecule has 1 aliphatic carbocycles. The standard InChI is InChI=1S/C11H10N2O3/c12-5-7-9(11(15)16)6-3-1-2-4-8(6)13-10(7)14/h1-4H2,(H,13,14)(H,15,16). The second kappa shape index (κ2) is 3.81. The van der Waals surface area contributed by atoms with E-state index in [1.165, 1.54) is 0 Å². The number of hydrogen-bond donors (Lipinski definition) is 2. The third-order valence-corrected chi connectivity index (χ3v) is 2.84. The Balaban J connectivity index is 2.80. The van der Waals surface area contributed by atoms with E-state index in [0.717, 1.165) is 12.8 Å². The molecule has 0 amide bonds. The average molecular weight is 218 g/mol. The Morgan fingerprint density at radius 3 is 2.69 bits per heavy atom. The minimum Gasteiger partial charge on any atom is -0.478 e. The van der Waals surface area contributed by atoms with Gasteiger partial charge in [0, 0.05) is 5.69 Å². The first-order valence-electron chi connectivity index (χ1n) is 5.06. The first kappa shape index (κ1) is 10.4. The molecule has 1 aliphatic rings. The Morgan fingerprint density at radius 1 is 1.38 bits per heavy atom. The van der Waals surface area contributed by atoms with Crippen molar-refractivity contribution in [2.45, 2.75) is 25.7 Å². The number of nitrogens with zero attached hydrogens (tertiary/aromatic N) is 1. The summed E-state index contributed by atoms with van der Waals surface area (Å²) < 4.78 is 0. The van der Waals surface area contributed by atoms with Crippen molar-refractivity contribution in [1.82, 2.24) is 4.98 Å². The van der Waals surface area contributed by atoms with Crippen molar-refractivity contribution in [2.24, 2.45) is 0 Å². The summed E-state index contributed by atoms with van der Waals surface area (Å²) in [5.41, 5.74) is 0.303. The van der Waals surface area contributed by atoms with Crippen LogP contribution in [0.5, 0.6) is 0 Å². The Labute approximate surface area is 91.3 Å². The lowest BCUT2D eigenvalue weighted by Crippen LogP contribution is -2.24. The molecule has 0 atom stereocenters. The van der Waals surface area contributed by atoms with E-state index in [2.05, 4.69) is 4.98 Å². The molecule has 0 aromatic carbocycles. The number of carbonyl (C=O) groups is 1. The van der Waals surface area contributed by atoms with Crippen molar-refractivity contribution < 1.29 is 9.90 Å². The topological polar surface area (TPSA) is 93.9 Å². The molecule has 0 bridgehead atoms. The summed E-state index contributed by atoms with van der Waals surface area (Å²) in [6, 6.07) is 1.67. The van der Waals surface area contributed by atoms with E-state index in [1.807, 2.05) is 0 Å². The van der Waals surface area contributed by atoms with Crippen molar-refractivity contribution in [3.63, 3.8) is 0 Å². The Kier molecular flexibility index (Phi) is 2.49. The Bertz CT molecular complexity index is 552. The van der Waals surface area contributed by atoms with E-state index < -0.39 is 11.5 Å². The smallest absolute Gasteiger partial charge is 0.337 e. The lowest BCUT2D eigenvalue weighted by molar-refractivity contribution is 0.0694. The number of nitriles is 1. The highest BCUT2D eigenvalue weighted by atomic mass is 16.4. The quantitative estimate of drug-likeness (QED) is 0.729. The fourth-order valence-corrected chi connectivity index (χ4v) is 2.13. The minimum atomic E-state index is -1.19. The van der Waals surface area contributed by atoms with E-state index in [0.29, 0.717) is 24.1 Å². The Morgan fingerprint density at radius 2 is 2.06 bits per heavy atom. The number of carboxylic acid groups (broad SMARTS) is 1. The van der Waals surface area contributed by atoms with Crippen LogP contribution in [0.15, 0.2) is 4.79 Å². The summed E-state index contributed by atoms with van der Waals surface area (Å²) in [6.07, 6.45) is 3.12. The van der Waals surface area contributed by atoms with Gasteiger partial charge in [-0.3, -0.25) is 4.79 Å². The molecular formula is C11H10N2O3. The highest BCUT2D eigenvalue weighted by Crippen LogP contribution is 2.23. The molecule has 1 aromatic heterocycles. The molecule has 0 fully saturated rings. The monoisotopic (exact) mass is 218 g/mol. The van der Waals surface area contributed by atoms with Crippen LogP contribution in [0.4, 0.5) is 0 Å². The maximum absolute atomic E-state index is 11.5. The maximum Gasteiger partial charge on any atom is 0.337 e. The largest absolute Gasteiger partial charge is 0.478 e. The van der Waals surface area contributed by atoms with Crippen molar-refractivity contribution in [3.8, 4) is 6.07 Å². The molecule has 1 heterocycles. The second-order valence-electron chi connectivity index (χ2n) is 3.79. The molecule has 0 aliphatic heterocycles. The zero-order valence-electron chi connectivity index (χ0n) is 8.54. The van der Waals surface area contributed by atoms with Gasteiger partial charge in [0.05, 0.1) is 5.56 Å². The number of hydrogen-bond acceptors (Lipinski definition) is 3.